The van der Waals surface area contributed by atoms with E-state index in [0.29, 0.717) is 5.56 Å². The molecule has 0 unspecified atom stereocenters. The quantitative estimate of drug-likeness (QED) is 0.278. The summed E-state index contributed by atoms with van der Waals surface area (Å²) in [6.45, 7) is 5.20. The van der Waals surface area contributed by atoms with Crippen LogP contribution < -0.4 is 19.5 Å². The molecule has 3 N–H and O–H groups in total. The van der Waals surface area contributed by atoms with Crippen molar-refractivity contribution in [1.82, 2.24) is 0 Å². The second-order valence-corrected chi connectivity index (χ2v) is 8.60. The van der Waals surface area contributed by atoms with Crippen molar-refractivity contribution in [2.24, 2.45) is 0 Å². The van der Waals surface area contributed by atoms with Crippen LogP contribution in [0.1, 0.15) is 26.3 Å². The molecular formula is C28H28F3NO6. The molecule has 0 heterocycles. The number of methoxy groups -OCH3 is 2. The first-order valence-corrected chi connectivity index (χ1v) is 11.4. The predicted molar refractivity (Wildman–Crippen MR) is 138 cm³/mol. The third kappa shape index (κ3) is 6.13. The second-order valence-electron chi connectivity index (χ2n) is 8.60. The lowest BCUT2D eigenvalue weighted by atomic mass is 9.95. The summed E-state index contributed by atoms with van der Waals surface area (Å²) in [6, 6.07) is 9.27. The van der Waals surface area contributed by atoms with Gasteiger partial charge in [0.15, 0.2) is 23.0 Å². The van der Waals surface area contributed by atoms with Crippen molar-refractivity contribution in [2.45, 2.75) is 26.9 Å². The Bertz CT molecular complexity index is 1380. The molecule has 38 heavy (non-hydrogen) atoms. The first-order chi connectivity index (χ1) is 17.9. The first-order valence-electron chi connectivity index (χ1n) is 11.4. The predicted octanol–water partition coefficient (Wildman–Crippen LogP) is 6.77. The van der Waals surface area contributed by atoms with Gasteiger partial charge in [-0.3, -0.25) is 4.79 Å². The lowest BCUT2D eigenvalue weighted by Gasteiger charge is -2.20. The number of phenolic OH excluding ortho intramolecular Hbond substituents is 2. The number of carbonyl (C=O) groups is 1. The number of phenols is 2. The van der Waals surface area contributed by atoms with Crippen LogP contribution in [-0.4, -0.2) is 36.9 Å². The number of aromatic hydroxyl groups is 2. The van der Waals surface area contributed by atoms with Gasteiger partial charge >= 0.3 is 6.18 Å². The minimum atomic E-state index is -4.76. The van der Waals surface area contributed by atoms with Gasteiger partial charge in [-0.05, 0) is 61.4 Å². The van der Waals surface area contributed by atoms with Gasteiger partial charge in [-0.1, -0.05) is 17.7 Å². The highest BCUT2D eigenvalue weighted by Gasteiger charge is 2.35. The normalized spacial score (nSPS) is 11.1. The SMILES string of the molecule is COc1cc(-c2ccc(NC(C)=O)c(C(F)(F)F)c2)c(OC)c(O)c1-c1ccc(OCC=C(C)C)c(O)c1. The Morgan fingerprint density at radius 2 is 1.63 bits per heavy atom. The molecule has 0 bridgehead atoms. The number of benzene rings is 3. The summed E-state index contributed by atoms with van der Waals surface area (Å²) in [6.07, 6.45) is -2.92. The average Bonchev–Trinajstić information content (AvgIpc) is 2.83. The standard InChI is InChI=1S/C28H28F3NO6/c1-15(2)10-11-38-23-9-7-18(13-22(23)34)25-24(36-4)14-19(27(37-5)26(25)35)17-6-8-21(32-16(3)33)20(12-17)28(29,30)31/h6-10,12-14,34-35H,11H2,1-5H3,(H,32,33). The van der Waals surface area contributed by atoms with Crippen LogP contribution in [0.4, 0.5) is 18.9 Å². The maximum absolute atomic E-state index is 13.8. The molecule has 3 aromatic carbocycles. The Kier molecular flexibility index (Phi) is 8.45. The average molecular weight is 532 g/mol. The van der Waals surface area contributed by atoms with Gasteiger partial charge in [-0.15, -0.1) is 0 Å². The van der Waals surface area contributed by atoms with Crippen LogP contribution in [0.5, 0.6) is 28.7 Å². The van der Waals surface area contributed by atoms with Gasteiger partial charge in [0.25, 0.3) is 0 Å². The van der Waals surface area contributed by atoms with Crippen LogP contribution in [0, 0.1) is 0 Å². The number of hydrogen-bond donors (Lipinski definition) is 3. The van der Waals surface area contributed by atoms with Crippen LogP contribution >= 0.6 is 0 Å². The van der Waals surface area contributed by atoms with Gasteiger partial charge in [0, 0.05) is 12.5 Å². The van der Waals surface area contributed by atoms with Gasteiger partial charge in [0.05, 0.1) is 31.0 Å². The lowest BCUT2D eigenvalue weighted by Crippen LogP contribution is -2.14. The highest BCUT2D eigenvalue weighted by atomic mass is 19.4. The van der Waals surface area contributed by atoms with E-state index in [-0.39, 0.29) is 46.3 Å². The van der Waals surface area contributed by atoms with Crippen molar-refractivity contribution < 1.29 is 42.4 Å². The Balaban J connectivity index is 2.15. The minimum Gasteiger partial charge on any atom is -0.504 e. The highest BCUT2D eigenvalue weighted by Crippen LogP contribution is 2.51. The fourth-order valence-electron chi connectivity index (χ4n) is 3.83. The molecule has 0 fully saturated rings. The summed E-state index contributed by atoms with van der Waals surface area (Å²) in [5.74, 6) is -0.996. The number of allylic oxidation sites excluding steroid dienone is 1. The maximum Gasteiger partial charge on any atom is 0.418 e. The molecule has 0 aliphatic heterocycles. The van der Waals surface area contributed by atoms with E-state index in [9.17, 15) is 28.2 Å². The number of hydrogen-bond acceptors (Lipinski definition) is 6. The number of anilines is 1. The van der Waals surface area contributed by atoms with Crippen molar-refractivity contribution in [3.05, 3.63) is 59.7 Å². The smallest absolute Gasteiger partial charge is 0.418 e. The van der Waals surface area contributed by atoms with E-state index in [1.807, 2.05) is 19.9 Å². The molecule has 0 saturated heterocycles. The van der Waals surface area contributed by atoms with E-state index in [1.165, 1.54) is 38.5 Å². The molecule has 0 spiro atoms. The summed E-state index contributed by atoms with van der Waals surface area (Å²) in [5, 5.41) is 23.8. The van der Waals surface area contributed by atoms with Crippen molar-refractivity contribution >= 4 is 11.6 Å². The molecule has 7 nitrogen and oxygen atoms in total. The molecular weight excluding hydrogens is 503 g/mol. The number of nitrogens with one attached hydrogen (secondary N) is 1. The Hall–Kier alpha value is -4.34. The summed E-state index contributed by atoms with van der Waals surface area (Å²) in [5.41, 5.74) is 0.283. The van der Waals surface area contributed by atoms with Crippen LogP contribution in [0.15, 0.2) is 54.1 Å². The number of carbonyl (C=O) groups excluding carboxylic acids is 1. The first kappa shape index (κ1) is 28.2. The second kappa shape index (κ2) is 11.4. The minimum absolute atomic E-state index is 0.0642. The van der Waals surface area contributed by atoms with Crippen molar-refractivity contribution in [3.63, 3.8) is 0 Å². The molecule has 0 aromatic heterocycles. The van der Waals surface area contributed by atoms with Crippen LogP contribution in [0.2, 0.25) is 0 Å². The zero-order valence-electron chi connectivity index (χ0n) is 21.5. The molecule has 10 heteroatoms. The molecule has 0 atom stereocenters. The van der Waals surface area contributed by atoms with E-state index < -0.39 is 29.1 Å². The van der Waals surface area contributed by atoms with Gasteiger partial charge in [-0.2, -0.15) is 13.2 Å². The highest BCUT2D eigenvalue weighted by molar-refractivity contribution is 5.92. The largest absolute Gasteiger partial charge is 0.504 e. The molecule has 3 aromatic rings. The fourth-order valence-corrected chi connectivity index (χ4v) is 3.83. The molecule has 202 valence electrons. The van der Waals surface area contributed by atoms with E-state index in [1.54, 1.807) is 6.07 Å². The number of rotatable bonds is 8. The Morgan fingerprint density at radius 3 is 2.18 bits per heavy atom. The Morgan fingerprint density at radius 1 is 0.947 bits per heavy atom. The van der Waals surface area contributed by atoms with E-state index in [2.05, 4.69) is 5.32 Å². The van der Waals surface area contributed by atoms with Crippen molar-refractivity contribution in [3.8, 4) is 51.0 Å². The lowest BCUT2D eigenvalue weighted by molar-refractivity contribution is -0.136. The van der Waals surface area contributed by atoms with Gasteiger partial charge in [0.2, 0.25) is 5.91 Å². The number of ether oxygens (including phenoxy) is 3. The van der Waals surface area contributed by atoms with E-state index in [4.69, 9.17) is 14.2 Å². The van der Waals surface area contributed by atoms with Crippen LogP contribution in [0.3, 0.4) is 0 Å². The third-order valence-corrected chi connectivity index (χ3v) is 5.57. The number of alkyl halides is 3. The third-order valence-electron chi connectivity index (χ3n) is 5.57. The summed E-state index contributed by atoms with van der Waals surface area (Å²) >= 11 is 0. The number of amides is 1. The van der Waals surface area contributed by atoms with Gasteiger partial charge in [-0.25, -0.2) is 0 Å². The maximum atomic E-state index is 13.8. The summed E-state index contributed by atoms with van der Waals surface area (Å²) in [7, 11) is 2.61. The summed E-state index contributed by atoms with van der Waals surface area (Å²) in [4.78, 5) is 11.4. The fraction of sp³-hybridized carbons (Fsp3) is 0.250. The molecule has 1 amide bonds. The zero-order valence-corrected chi connectivity index (χ0v) is 21.5. The Labute approximate surface area is 218 Å². The zero-order chi connectivity index (χ0) is 28.2. The molecule has 0 aliphatic carbocycles. The van der Waals surface area contributed by atoms with E-state index >= 15 is 0 Å². The topological polar surface area (TPSA) is 97.3 Å². The number of halogens is 3. The van der Waals surface area contributed by atoms with Crippen LogP contribution in [-0.2, 0) is 11.0 Å². The van der Waals surface area contributed by atoms with Crippen molar-refractivity contribution in [2.75, 3.05) is 26.1 Å². The van der Waals surface area contributed by atoms with Gasteiger partial charge in [0.1, 0.15) is 12.4 Å². The molecule has 0 radical (unpaired) electrons. The van der Waals surface area contributed by atoms with Gasteiger partial charge < -0.3 is 29.7 Å². The summed E-state index contributed by atoms with van der Waals surface area (Å²) < 4.78 is 57.8. The monoisotopic (exact) mass is 531 g/mol. The van der Waals surface area contributed by atoms with Crippen LogP contribution in [0.25, 0.3) is 22.3 Å². The van der Waals surface area contributed by atoms with E-state index in [0.717, 1.165) is 24.6 Å². The molecule has 0 saturated carbocycles. The molecule has 3 rings (SSSR count). The molecule has 0 aliphatic rings. The van der Waals surface area contributed by atoms with Crippen molar-refractivity contribution in [1.29, 1.82) is 0 Å².